The molecule has 45 heavy (non-hydrogen) atoms. The van der Waals surface area contributed by atoms with Crippen molar-refractivity contribution in [2.45, 2.75) is 56.7 Å². The van der Waals surface area contributed by atoms with Gasteiger partial charge in [-0.3, -0.25) is 28.9 Å². The van der Waals surface area contributed by atoms with Gasteiger partial charge in [0.25, 0.3) is 0 Å². The number of aromatic hydroxyl groups is 1. The smallest absolute Gasteiger partial charge is 0.235 e. The summed E-state index contributed by atoms with van der Waals surface area (Å²) >= 11 is 0. The molecule has 236 valence electrons. The van der Waals surface area contributed by atoms with E-state index in [4.69, 9.17) is 5.73 Å². The molecule has 0 bridgehead atoms. The fourth-order valence-electron chi connectivity index (χ4n) is 8.11. The molecule has 6 atom stereocenters. The minimum atomic E-state index is -2.73. The lowest BCUT2D eigenvalue weighted by molar-refractivity contribution is -0.181. The molecule has 0 saturated heterocycles. The predicted molar refractivity (Wildman–Crippen MR) is 165 cm³/mol. The summed E-state index contributed by atoms with van der Waals surface area (Å²) in [5.74, 6) is -10.5. The van der Waals surface area contributed by atoms with Crippen LogP contribution in [0.1, 0.15) is 53.6 Å². The van der Waals surface area contributed by atoms with Gasteiger partial charge in [-0.1, -0.05) is 42.0 Å². The van der Waals surface area contributed by atoms with Crippen LogP contribution in [0.25, 0.3) is 11.1 Å². The number of likely N-dealkylation sites (N-methyl/N-ethyl adjacent to an activating group) is 1. The Balaban J connectivity index is 1.31. The Hall–Kier alpha value is -3.99. The van der Waals surface area contributed by atoms with Crippen LogP contribution in [0, 0.1) is 23.7 Å². The molecule has 2 unspecified atom stereocenters. The number of nitrogens with two attached hydrogens (primary N) is 1. The molecule has 0 aromatic heterocycles. The number of carbonyl (C=O) groups is 5. The van der Waals surface area contributed by atoms with Crippen LogP contribution in [0.3, 0.4) is 0 Å². The first-order valence-electron chi connectivity index (χ1n) is 15.6. The van der Waals surface area contributed by atoms with Crippen molar-refractivity contribution in [1.29, 1.82) is 0 Å². The summed E-state index contributed by atoms with van der Waals surface area (Å²) in [6.07, 6.45) is 7.33. The Morgan fingerprint density at radius 1 is 1.02 bits per heavy atom. The lowest BCUT2D eigenvalue weighted by atomic mass is 9.52. The molecule has 4 aliphatic rings. The van der Waals surface area contributed by atoms with Crippen LogP contribution in [0.2, 0.25) is 0 Å². The normalized spacial score (nSPS) is 29.6. The van der Waals surface area contributed by atoms with Gasteiger partial charge >= 0.3 is 0 Å². The third kappa shape index (κ3) is 5.05. The monoisotopic (exact) mass is 613 g/mol. The number of nitrogens with zero attached hydrogens (tertiary/aromatic N) is 1. The van der Waals surface area contributed by atoms with Gasteiger partial charge in [0.05, 0.1) is 17.5 Å². The number of phenolic OH excluding ortho intramolecular Hbond substituents is 1. The van der Waals surface area contributed by atoms with E-state index in [1.54, 1.807) is 20.2 Å². The molecule has 10 heteroatoms. The van der Waals surface area contributed by atoms with Gasteiger partial charge in [0.2, 0.25) is 5.91 Å². The zero-order valence-electron chi connectivity index (χ0n) is 25.5. The summed E-state index contributed by atoms with van der Waals surface area (Å²) in [5.41, 5.74) is 7.36. The molecular weight excluding hydrogens is 574 g/mol. The van der Waals surface area contributed by atoms with Crippen molar-refractivity contribution in [3.05, 3.63) is 64.7 Å². The molecule has 5 N–H and O–H groups in total. The minimum absolute atomic E-state index is 0.00871. The van der Waals surface area contributed by atoms with Crippen LogP contribution < -0.4 is 11.1 Å². The van der Waals surface area contributed by atoms with Crippen molar-refractivity contribution in [3.63, 3.8) is 0 Å². The highest BCUT2D eigenvalue weighted by molar-refractivity contribution is 6.32. The van der Waals surface area contributed by atoms with E-state index in [0.717, 1.165) is 36.1 Å². The van der Waals surface area contributed by atoms with E-state index in [2.05, 4.69) is 11.4 Å². The van der Waals surface area contributed by atoms with E-state index in [9.17, 15) is 34.2 Å². The van der Waals surface area contributed by atoms with E-state index in [1.165, 1.54) is 29.4 Å². The Bertz CT molecular complexity index is 1630. The third-order valence-electron chi connectivity index (χ3n) is 10.3. The number of Topliss-reactive ketones (excluding diaryl/α,β-unsaturated/α-hetero) is 4. The van der Waals surface area contributed by atoms with E-state index in [0.29, 0.717) is 12.1 Å². The SMILES string of the molecule is CN(C)[C@@H]1C(=O)C(C(N)=O)C(=O)[C@@]2(O)C(=O)C3C(=O)c4c(O)ccc(-c5ccc(CNCC6=CCCCC6)cc5)c4C[C@H]3C[C@@H]12. The molecule has 4 aliphatic carbocycles. The van der Waals surface area contributed by atoms with Crippen LogP contribution in [0.5, 0.6) is 5.75 Å². The number of primary amides is 1. The van der Waals surface area contributed by atoms with Crippen molar-refractivity contribution < 1.29 is 34.2 Å². The van der Waals surface area contributed by atoms with Gasteiger partial charge in [-0.2, -0.15) is 0 Å². The summed E-state index contributed by atoms with van der Waals surface area (Å²) < 4.78 is 0. The molecule has 10 nitrogen and oxygen atoms in total. The van der Waals surface area contributed by atoms with Crippen molar-refractivity contribution in [1.82, 2.24) is 10.2 Å². The number of benzene rings is 2. The summed E-state index contributed by atoms with van der Waals surface area (Å²) in [7, 11) is 3.13. The average molecular weight is 614 g/mol. The topological polar surface area (TPSA) is 167 Å². The van der Waals surface area contributed by atoms with Gasteiger partial charge in [-0.15, -0.1) is 0 Å². The Morgan fingerprint density at radius 2 is 1.76 bits per heavy atom. The Morgan fingerprint density at radius 3 is 2.40 bits per heavy atom. The average Bonchev–Trinajstić information content (AvgIpc) is 3.00. The lowest BCUT2D eigenvalue weighted by Gasteiger charge is -2.52. The highest BCUT2D eigenvalue weighted by Crippen LogP contribution is 2.51. The van der Waals surface area contributed by atoms with Crippen LogP contribution >= 0.6 is 0 Å². The molecule has 0 aliphatic heterocycles. The number of hydrogen-bond acceptors (Lipinski definition) is 9. The van der Waals surface area contributed by atoms with Crippen LogP contribution in [-0.2, 0) is 32.1 Å². The number of ketones is 4. The molecule has 0 spiro atoms. The summed E-state index contributed by atoms with van der Waals surface area (Å²) in [6.45, 7) is 1.57. The van der Waals surface area contributed by atoms with Gasteiger partial charge in [0.15, 0.2) is 34.7 Å². The number of nitrogens with one attached hydrogen (secondary N) is 1. The number of rotatable bonds is 7. The lowest BCUT2D eigenvalue weighted by Crippen LogP contribution is -2.74. The number of amides is 1. The third-order valence-corrected chi connectivity index (χ3v) is 10.3. The van der Waals surface area contributed by atoms with Gasteiger partial charge < -0.3 is 21.3 Å². The van der Waals surface area contributed by atoms with E-state index >= 15 is 0 Å². The number of fused-ring (bicyclic) bond motifs is 3. The Kier molecular flexibility index (Phi) is 8.09. The molecule has 2 aromatic carbocycles. The quantitative estimate of drug-likeness (QED) is 0.270. The maximum absolute atomic E-state index is 14.0. The second kappa shape index (κ2) is 11.7. The van der Waals surface area contributed by atoms with Crippen molar-refractivity contribution >= 4 is 29.0 Å². The van der Waals surface area contributed by atoms with E-state index < -0.39 is 64.4 Å². The minimum Gasteiger partial charge on any atom is -0.507 e. The van der Waals surface area contributed by atoms with Gasteiger partial charge in [-0.25, -0.2) is 0 Å². The highest BCUT2D eigenvalue weighted by Gasteiger charge is 2.69. The second-order valence-corrected chi connectivity index (χ2v) is 13.2. The molecular formula is C35H39N3O7. The van der Waals surface area contributed by atoms with Crippen molar-refractivity contribution in [2.75, 3.05) is 20.6 Å². The number of allylic oxidation sites excluding steroid dienone is 1. The number of carbonyl (C=O) groups excluding carboxylic acids is 5. The summed E-state index contributed by atoms with van der Waals surface area (Å²) in [6, 6.07) is 10.0. The fraction of sp³-hybridized carbons (Fsp3) is 0.457. The molecule has 6 rings (SSSR count). The van der Waals surface area contributed by atoms with Gasteiger partial charge in [0.1, 0.15) is 5.75 Å². The molecule has 1 amide bonds. The molecule has 0 radical (unpaired) electrons. The molecule has 2 saturated carbocycles. The first-order valence-corrected chi connectivity index (χ1v) is 15.6. The second-order valence-electron chi connectivity index (χ2n) is 13.2. The zero-order chi connectivity index (χ0) is 32.2. The first-order chi connectivity index (χ1) is 21.4. The summed E-state index contributed by atoms with van der Waals surface area (Å²) in [5, 5.41) is 26.1. The van der Waals surface area contributed by atoms with Gasteiger partial charge in [0, 0.05) is 19.0 Å². The van der Waals surface area contributed by atoms with Crippen molar-refractivity contribution in [2.24, 2.45) is 29.4 Å². The predicted octanol–water partition coefficient (Wildman–Crippen LogP) is 2.12. The standard InChI is InChI=1S/C35H39N3O7/c1-38(2)29-24-15-21-14-23-22(20-10-8-19(9-11-20)17-37-16-18-6-4-3-5-7-18)12-13-25(39)27(23)30(40)26(21)32(42)35(24,45)33(43)28(31(29)41)34(36)44/h6,8-13,21,24,26,28-29,37,39,45H,3-5,7,14-17H2,1-2H3,(H2,36,44)/t21-,24-,26?,28?,29-,35-/m0/s1. The maximum Gasteiger partial charge on any atom is 0.235 e. The summed E-state index contributed by atoms with van der Waals surface area (Å²) in [4.78, 5) is 68.4. The molecule has 2 fully saturated rings. The van der Waals surface area contributed by atoms with Crippen LogP contribution in [-0.4, -0.2) is 76.4 Å². The molecule has 0 heterocycles. The van der Waals surface area contributed by atoms with Crippen LogP contribution in [0.4, 0.5) is 0 Å². The van der Waals surface area contributed by atoms with E-state index in [-0.39, 0.29) is 24.2 Å². The Labute approximate surface area is 261 Å². The maximum atomic E-state index is 14.0. The number of aliphatic hydroxyl groups is 1. The largest absolute Gasteiger partial charge is 0.507 e. The molecule has 2 aromatic rings. The number of phenols is 1. The van der Waals surface area contributed by atoms with Crippen LogP contribution in [0.15, 0.2) is 48.0 Å². The first kappa shape index (κ1) is 31.0. The zero-order valence-corrected chi connectivity index (χ0v) is 25.5. The van der Waals surface area contributed by atoms with E-state index in [1.807, 2.05) is 24.3 Å². The number of hydrogen-bond donors (Lipinski definition) is 4. The fourth-order valence-corrected chi connectivity index (χ4v) is 8.11. The van der Waals surface area contributed by atoms with Crippen molar-refractivity contribution in [3.8, 4) is 16.9 Å². The van der Waals surface area contributed by atoms with Gasteiger partial charge in [-0.05, 0) is 86.9 Å². The highest BCUT2D eigenvalue weighted by atomic mass is 16.3.